The van der Waals surface area contributed by atoms with Gasteiger partial charge in [-0.05, 0) is 19.1 Å². The van der Waals surface area contributed by atoms with E-state index in [4.69, 9.17) is 5.11 Å². The van der Waals surface area contributed by atoms with Gasteiger partial charge in [0, 0.05) is 11.6 Å². The Morgan fingerprint density at radius 3 is 2.65 bits per heavy atom. The molecule has 0 aliphatic rings. The molecule has 5 nitrogen and oxygen atoms in total. The summed E-state index contributed by atoms with van der Waals surface area (Å²) in [6.07, 6.45) is 1.32. The number of aryl methyl sites for hydroxylation is 1. The van der Waals surface area contributed by atoms with Crippen molar-refractivity contribution in [3.63, 3.8) is 0 Å². The number of para-hydroxylation sites is 1. The summed E-state index contributed by atoms with van der Waals surface area (Å²) in [5, 5.41) is 10.0. The fourth-order valence-corrected chi connectivity index (χ4v) is 1.99. The van der Waals surface area contributed by atoms with Gasteiger partial charge in [-0.15, -0.1) is 0 Å². The lowest BCUT2D eigenvalue weighted by molar-refractivity contribution is 0.0695. The lowest BCUT2D eigenvalue weighted by Crippen LogP contribution is -2.04. The van der Waals surface area contributed by atoms with E-state index < -0.39 is 5.97 Å². The molecule has 0 amide bonds. The Bertz CT molecular complexity index is 815. The first-order valence-electron chi connectivity index (χ1n) is 6.08. The monoisotopic (exact) mass is 265 g/mol. The molecule has 1 aromatic carbocycles. The number of benzene rings is 1. The molecule has 0 radical (unpaired) electrons. The normalized spacial score (nSPS) is 10.7. The lowest BCUT2D eigenvalue weighted by atomic mass is 10.2. The van der Waals surface area contributed by atoms with Gasteiger partial charge in [0.25, 0.3) is 0 Å². The minimum absolute atomic E-state index is 0.106. The van der Waals surface area contributed by atoms with Gasteiger partial charge in [-0.25, -0.2) is 19.7 Å². The Labute approximate surface area is 115 Å². The van der Waals surface area contributed by atoms with Crippen LogP contribution in [-0.4, -0.2) is 26.0 Å². The molecule has 0 unspecified atom stereocenters. The molecule has 0 saturated carbocycles. The molecule has 0 aliphatic carbocycles. The number of hydrogen-bond donors (Lipinski definition) is 1. The third kappa shape index (κ3) is 2.09. The van der Waals surface area contributed by atoms with Crippen LogP contribution in [-0.2, 0) is 0 Å². The Morgan fingerprint density at radius 1 is 1.10 bits per heavy atom. The zero-order chi connectivity index (χ0) is 14.1. The SMILES string of the molecule is Cc1nc(-c2ccc3ccccc3n2)ncc1C(=O)O. The van der Waals surface area contributed by atoms with E-state index in [1.807, 2.05) is 36.4 Å². The van der Waals surface area contributed by atoms with Crippen LogP contribution in [0.4, 0.5) is 0 Å². The Morgan fingerprint density at radius 2 is 1.90 bits per heavy atom. The first-order valence-corrected chi connectivity index (χ1v) is 6.08. The number of carbonyl (C=O) groups is 1. The van der Waals surface area contributed by atoms with E-state index in [1.165, 1.54) is 6.20 Å². The van der Waals surface area contributed by atoms with Gasteiger partial charge in [-0.3, -0.25) is 0 Å². The van der Waals surface area contributed by atoms with Crippen LogP contribution in [0, 0.1) is 6.92 Å². The van der Waals surface area contributed by atoms with Gasteiger partial charge < -0.3 is 5.11 Å². The molecule has 98 valence electrons. The summed E-state index contributed by atoms with van der Waals surface area (Å²) in [6.45, 7) is 1.65. The number of carboxylic acids is 1. The van der Waals surface area contributed by atoms with Crippen molar-refractivity contribution in [1.29, 1.82) is 0 Å². The quantitative estimate of drug-likeness (QED) is 0.771. The highest BCUT2D eigenvalue weighted by molar-refractivity contribution is 5.88. The van der Waals surface area contributed by atoms with Crippen LogP contribution in [0.1, 0.15) is 16.1 Å². The van der Waals surface area contributed by atoms with Crippen LogP contribution in [0.3, 0.4) is 0 Å². The number of rotatable bonds is 2. The van der Waals surface area contributed by atoms with Crippen LogP contribution in [0.15, 0.2) is 42.6 Å². The van der Waals surface area contributed by atoms with Crippen molar-refractivity contribution in [1.82, 2.24) is 15.0 Å². The summed E-state index contributed by atoms with van der Waals surface area (Å²) in [4.78, 5) is 23.7. The number of aromatic carboxylic acids is 1. The van der Waals surface area contributed by atoms with Crippen molar-refractivity contribution in [2.45, 2.75) is 6.92 Å². The second-order valence-electron chi connectivity index (χ2n) is 4.39. The van der Waals surface area contributed by atoms with E-state index in [-0.39, 0.29) is 5.56 Å². The van der Waals surface area contributed by atoms with Crippen molar-refractivity contribution < 1.29 is 9.90 Å². The number of pyridine rings is 1. The summed E-state index contributed by atoms with van der Waals surface area (Å²) >= 11 is 0. The van der Waals surface area contributed by atoms with E-state index in [0.717, 1.165) is 10.9 Å². The maximum Gasteiger partial charge on any atom is 0.339 e. The van der Waals surface area contributed by atoms with Crippen LogP contribution < -0.4 is 0 Å². The van der Waals surface area contributed by atoms with Gasteiger partial charge in [0.2, 0.25) is 0 Å². The third-order valence-corrected chi connectivity index (χ3v) is 3.04. The molecule has 0 bridgehead atoms. The molecule has 2 heterocycles. The molecule has 0 aliphatic heterocycles. The maximum absolute atomic E-state index is 10.9. The zero-order valence-electron chi connectivity index (χ0n) is 10.7. The van der Waals surface area contributed by atoms with Gasteiger partial charge in [0.05, 0.1) is 16.8 Å². The topological polar surface area (TPSA) is 76.0 Å². The fourth-order valence-electron chi connectivity index (χ4n) is 1.99. The van der Waals surface area contributed by atoms with E-state index >= 15 is 0 Å². The van der Waals surface area contributed by atoms with Crippen molar-refractivity contribution >= 4 is 16.9 Å². The Hall–Kier alpha value is -2.82. The fraction of sp³-hybridized carbons (Fsp3) is 0.0667. The first-order chi connectivity index (χ1) is 9.65. The molecular formula is C15H11N3O2. The average Bonchev–Trinajstić information content (AvgIpc) is 2.46. The molecule has 1 N–H and O–H groups in total. The van der Waals surface area contributed by atoms with E-state index in [1.54, 1.807) is 6.92 Å². The van der Waals surface area contributed by atoms with Crippen molar-refractivity contribution in [3.05, 3.63) is 53.9 Å². The van der Waals surface area contributed by atoms with E-state index in [2.05, 4.69) is 15.0 Å². The summed E-state index contributed by atoms with van der Waals surface area (Å²) < 4.78 is 0. The molecule has 0 spiro atoms. The molecule has 0 saturated heterocycles. The van der Waals surface area contributed by atoms with Crippen LogP contribution in [0.5, 0.6) is 0 Å². The van der Waals surface area contributed by atoms with Crippen LogP contribution in [0.25, 0.3) is 22.4 Å². The van der Waals surface area contributed by atoms with Gasteiger partial charge >= 0.3 is 5.97 Å². The summed E-state index contributed by atoms with van der Waals surface area (Å²) in [7, 11) is 0. The number of fused-ring (bicyclic) bond motifs is 1. The van der Waals surface area contributed by atoms with E-state index in [9.17, 15) is 4.79 Å². The van der Waals surface area contributed by atoms with Crippen molar-refractivity contribution in [2.75, 3.05) is 0 Å². The highest BCUT2D eigenvalue weighted by Gasteiger charge is 2.11. The molecule has 3 rings (SSSR count). The minimum Gasteiger partial charge on any atom is -0.478 e. The molecule has 5 heteroatoms. The van der Waals surface area contributed by atoms with Gasteiger partial charge in [0.15, 0.2) is 5.82 Å². The Balaban J connectivity index is 2.11. The molecule has 2 aromatic heterocycles. The smallest absolute Gasteiger partial charge is 0.339 e. The van der Waals surface area contributed by atoms with Crippen molar-refractivity contribution in [3.8, 4) is 11.5 Å². The standard InChI is InChI=1S/C15H11N3O2/c1-9-11(15(19)20)8-16-14(17-9)13-7-6-10-4-2-3-5-12(10)18-13/h2-8H,1H3,(H,19,20). The Kier molecular flexibility index (Phi) is 2.87. The van der Waals surface area contributed by atoms with Crippen LogP contribution >= 0.6 is 0 Å². The average molecular weight is 265 g/mol. The first kappa shape index (κ1) is 12.2. The zero-order valence-corrected chi connectivity index (χ0v) is 10.7. The summed E-state index contributed by atoms with van der Waals surface area (Å²) in [5.74, 6) is -0.598. The second-order valence-corrected chi connectivity index (χ2v) is 4.39. The third-order valence-electron chi connectivity index (χ3n) is 3.04. The number of nitrogens with zero attached hydrogens (tertiary/aromatic N) is 3. The second kappa shape index (κ2) is 4.70. The summed E-state index contributed by atoms with van der Waals surface area (Å²) in [6, 6.07) is 11.5. The lowest BCUT2D eigenvalue weighted by Gasteiger charge is -2.04. The molecule has 20 heavy (non-hydrogen) atoms. The number of carboxylic acid groups (broad SMARTS) is 1. The highest BCUT2D eigenvalue weighted by Crippen LogP contribution is 2.18. The number of aromatic nitrogens is 3. The molecule has 0 fully saturated rings. The minimum atomic E-state index is -1.03. The summed E-state index contributed by atoms with van der Waals surface area (Å²) in [5.41, 5.74) is 2.02. The van der Waals surface area contributed by atoms with Gasteiger partial charge in [0.1, 0.15) is 5.69 Å². The predicted octanol–water partition coefficient (Wildman–Crippen LogP) is 2.70. The van der Waals surface area contributed by atoms with Gasteiger partial charge in [-0.1, -0.05) is 24.3 Å². The largest absolute Gasteiger partial charge is 0.478 e. The molecule has 0 atom stereocenters. The predicted molar refractivity (Wildman–Crippen MR) is 74.5 cm³/mol. The van der Waals surface area contributed by atoms with Crippen LogP contribution in [0.2, 0.25) is 0 Å². The molecule has 3 aromatic rings. The van der Waals surface area contributed by atoms with Crippen molar-refractivity contribution in [2.24, 2.45) is 0 Å². The number of hydrogen-bond acceptors (Lipinski definition) is 4. The van der Waals surface area contributed by atoms with Gasteiger partial charge in [-0.2, -0.15) is 0 Å². The van der Waals surface area contributed by atoms with E-state index in [0.29, 0.717) is 17.2 Å². The molecular weight excluding hydrogens is 254 g/mol. The maximum atomic E-state index is 10.9. The highest BCUT2D eigenvalue weighted by atomic mass is 16.4.